The lowest BCUT2D eigenvalue weighted by molar-refractivity contribution is -0.384. The fourth-order valence-electron chi connectivity index (χ4n) is 2.01. The van der Waals surface area contributed by atoms with Crippen LogP contribution in [0.25, 0.3) is 0 Å². The highest BCUT2D eigenvalue weighted by atomic mass is 16.6. The van der Waals surface area contributed by atoms with Crippen LogP contribution in [0.4, 0.5) is 11.4 Å². The minimum atomic E-state index is -0.447. The Balaban J connectivity index is 1.81. The second kappa shape index (κ2) is 7.83. The summed E-state index contributed by atoms with van der Waals surface area (Å²) >= 11 is 0. The first-order valence-electron chi connectivity index (χ1n) is 7.17. The molecule has 0 saturated heterocycles. The second-order valence-corrected chi connectivity index (χ2v) is 4.72. The first kappa shape index (κ1) is 16.3. The quantitative estimate of drug-likeness (QED) is 0.458. The summed E-state index contributed by atoms with van der Waals surface area (Å²) in [4.78, 5) is 30.1. The normalized spacial score (nSPS) is 10.1. The number of hydrogen-bond acceptors (Lipinski definition) is 6. The summed E-state index contributed by atoms with van der Waals surface area (Å²) in [7, 11) is 0. The second-order valence-electron chi connectivity index (χ2n) is 4.72. The van der Waals surface area contributed by atoms with Crippen LogP contribution in [0, 0.1) is 10.1 Å². The maximum atomic E-state index is 12.1. The van der Waals surface area contributed by atoms with Crippen molar-refractivity contribution in [3.8, 4) is 0 Å². The van der Waals surface area contributed by atoms with Gasteiger partial charge in [0.05, 0.1) is 16.2 Å². The maximum Gasteiger partial charge on any atom is 0.269 e. The Morgan fingerprint density at radius 2 is 2.00 bits per heavy atom. The smallest absolute Gasteiger partial charge is 0.269 e. The molecular formula is C15H17N5O3. The van der Waals surface area contributed by atoms with Crippen LogP contribution in [-0.2, 0) is 6.42 Å². The number of amides is 1. The van der Waals surface area contributed by atoms with Crippen LogP contribution in [-0.4, -0.2) is 33.9 Å². The third-order valence-electron chi connectivity index (χ3n) is 3.19. The van der Waals surface area contributed by atoms with Crippen LogP contribution < -0.4 is 10.6 Å². The fourth-order valence-corrected chi connectivity index (χ4v) is 2.01. The molecule has 23 heavy (non-hydrogen) atoms. The Kier molecular flexibility index (Phi) is 5.56. The minimum absolute atomic E-state index is 0.0417. The summed E-state index contributed by atoms with van der Waals surface area (Å²) in [6.45, 7) is 2.84. The summed E-state index contributed by atoms with van der Waals surface area (Å²) in [5.74, 6) is -0.215. The van der Waals surface area contributed by atoms with Crippen LogP contribution >= 0.6 is 0 Å². The summed E-state index contributed by atoms with van der Waals surface area (Å²) < 4.78 is 0. The first-order valence-corrected chi connectivity index (χ1v) is 7.17. The molecule has 8 heteroatoms. The molecule has 0 fully saturated rings. The van der Waals surface area contributed by atoms with Crippen LogP contribution in [0.2, 0.25) is 0 Å². The highest BCUT2D eigenvalue weighted by Crippen LogP contribution is 2.14. The van der Waals surface area contributed by atoms with Crippen LogP contribution in [0.5, 0.6) is 0 Å². The molecule has 120 valence electrons. The van der Waals surface area contributed by atoms with E-state index in [1.54, 1.807) is 12.1 Å². The standard InChI is InChI=1S/C15H17N5O3/c1-2-14-13(9-16-10-19-14)15(21)18-8-7-17-11-3-5-12(6-4-11)20(22)23/h3-6,9-10,17H,2,7-8H2,1H3,(H,18,21). The average Bonchev–Trinajstić information content (AvgIpc) is 2.58. The molecule has 2 N–H and O–H groups in total. The van der Waals surface area contributed by atoms with Crippen molar-refractivity contribution < 1.29 is 9.72 Å². The number of nitrogens with one attached hydrogen (secondary N) is 2. The monoisotopic (exact) mass is 315 g/mol. The SMILES string of the molecule is CCc1ncncc1C(=O)NCCNc1ccc([N+](=O)[O-])cc1. The molecule has 1 amide bonds. The predicted molar refractivity (Wildman–Crippen MR) is 85.3 cm³/mol. The third-order valence-corrected chi connectivity index (χ3v) is 3.19. The zero-order valence-corrected chi connectivity index (χ0v) is 12.7. The van der Waals surface area contributed by atoms with Gasteiger partial charge in [-0.25, -0.2) is 9.97 Å². The fraction of sp³-hybridized carbons (Fsp3) is 0.267. The summed E-state index contributed by atoms with van der Waals surface area (Å²) in [6.07, 6.45) is 3.59. The van der Waals surface area contributed by atoms with Gasteiger partial charge in [0.2, 0.25) is 0 Å². The lowest BCUT2D eigenvalue weighted by Gasteiger charge is -2.09. The van der Waals surface area contributed by atoms with Crippen molar-refractivity contribution in [2.75, 3.05) is 18.4 Å². The van der Waals surface area contributed by atoms with Crippen molar-refractivity contribution in [1.29, 1.82) is 0 Å². The van der Waals surface area contributed by atoms with Crippen molar-refractivity contribution in [2.24, 2.45) is 0 Å². The van der Waals surface area contributed by atoms with Gasteiger partial charge in [-0.2, -0.15) is 0 Å². The number of nitro groups is 1. The molecule has 0 saturated carbocycles. The van der Waals surface area contributed by atoms with Crippen LogP contribution in [0.15, 0.2) is 36.8 Å². The molecule has 0 radical (unpaired) electrons. The van der Waals surface area contributed by atoms with Crippen molar-refractivity contribution in [2.45, 2.75) is 13.3 Å². The summed E-state index contributed by atoms with van der Waals surface area (Å²) in [6, 6.07) is 6.10. The molecule has 0 aliphatic heterocycles. The largest absolute Gasteiger partial charge is 0.383 e. The molecule has 8 nitrogen and oxygen atoms in total. The van der Waals surface area contributed by atoms with E-state index in [1.165, 1.54) is 24.7 Å². The highest BCUT2D eigenvalue weighted by molar-refractivity contribution is 5.94. The van der Waals surface area contributed by atoms with E-state index in [0.29, 0.717) is 30.8 Å². The van der Waals surface area contributed by atoms with Gasteiger partial charge in [0.25, 0.3) is 11.6 Å². The zero-order chi connectivity index (χ0) is 16.7. The molecule has 0 aliphatic carbocycles. The van der Waals surface area contributed by atoms with E-state index in [4.69, 9.17) is 0 Å². The van der Waals surface area contributed by atoms with Crippen molar-refractivity contribution in [3.05, 3.63) is 58.2 Å². The van der Waals surface area contributed by atoms with Gasteiger partial charge >= 0.3 is 0 Å². The summed E-state index contributed by atoms with van der Waals surface area (Å²) in [5.41, 5.74) is 1.98. The number of rotatable bonds is 7. The van der Waals surface area contributed by atoms with E-state index in [0.717, 1.165) is 5.69 Å². The molecule has 0 unspecified atom stereocenters. The molecular weight excluding hydrogens is 298 g/mol. The number of aromatic nitrogens is 2. The molecule has 1 aromatic carbocycles. The lowest BCUT2D eigenvalue weighted by atomic mass is 10.2. The van der Waals surface area contributed by atoms with Gasteiger partial charge in [0, 0.05) is 37.1 Å². The Labute approximate surface area is 133 Å². The highest BCUT2D eigenvalue weighted by Gasteiger charge is 2.10. The first-order chi connectivity index (χ1) is 11.1. The number of benzene rings is 1. The number of carbonyl (C=O) groups excluding carboxylic acids is 1. The number of non-ortho nitro benzene ring substituents is 1. The molecule has 1 aromatic heterocycles. The Hall–Kier alpha value is -3.03. The number of aryl methyl sites for hydroxylation is 1. The molecule has 0 aliphatic rings. The van der Waals surface area contributed by atoms with Crippen molar-refractivity contribution in [3.63, 3.8) is 0 Å². The van der Waals surface area contributed by atoms with Crippen molar-refractivity contribution in [1.82, 2.24) is 15.3 Å². The Morgan fingerprint density at radius 3 is 2.65 bits per heavy atom. The Morgan fingerprint density at radius 1 is 1.26 bits per heavy atom. The molecule has 2 aromatic rings. The van der Waals surface area contributed by atoms with E-state index in [-0.39, 0.29) is 11.6 Å². The minimum Gasteiger partial charge on any atom is -0.383 e. The van der Waals surface area contributed by atoms with Crippen molar-refractivity contribution >= 4 is 17.3 Å². The van der Waals surface area contributed by atoms with E-state index >= 15 is 0 Å². The molecule has 0 atom stereocenters. The number of carbonyl (C=O) groups is 1. The van der Waals surface area contributed by atoms with Gasteiger partial charge in [0.15, 0.2) is 0 Å². The van der Waals surface area contributed by atoms with Gasteiger partial charge in [-0.3, -0.25) is 14.9 Å². The molecule has 0 spiro atoms. The van der Waals surface area contributed by atoms with Gasteiger partial charge in [-0.1, -0.05) is 6.92 Å². The van der Waals surface area contributed by atoms with Gasteiger partial charge < -0.3 is 10.6 Å². The van der Waals surface area contributed by atoms with Gasteiger partial charge in [0.1, 0.15) is 6.33 Å². The van der Waals surface area contributed by atoms with Crippen LogP contribution in [0.3, 0.4) is 0 Å². The zero-order valence-electron chi connectivity index (χ0n) is 12.7. The van der Waals surface area contributed by atoms with Crippen LogP contribution in [0.1, 0.15) is 23.0 Å². The van der Waals surface area contributed by atoms with E-state index in [9.17, 15) is 14.9 Å². The van der Waals surface area contributed by atoms with E-state index in [1.807, 2.05) is 6.92 Å². The van der Waals surface area contributed by atoms with E-state index in [2.05, 4.69) is 20.6 Å². The number of hydrogen-bond donors (Lipinski definition) is 2. The third kappa shape index (κ3) is 4.47. The maximum absolute atomic E-state index is 12.1. The van der Waals surface area contributed by atoms with E-state index < -0.39 is 4.92 Å². The lowest BCUT2D eigenvalue weighted by Crippen LogP contribution is -2.29. The topological polar surface area (TPSA) is 110 Å². The number of anilines is 1. The molecule has 1 heterocycles. The molecule has 0 bridgehead atoms. The summed E-state index contributed by atoms with van der Waals surface area (Å²) in [5, 5.41) is 16.4. The van der Waals surface area contributed by atoms with Gasteiger partial charge in [-0.05, 0) is 18.6 Å². The Bertz CT molecular complexity index is 688. The average molecular weight is 315 g/mol. The van der Waals surface area contributed by atoms with Gasteiger partial charge in [-0.15, -0.1) is 0 Å². The molecule has 2 rings (SSSR count). The number of nitro benzene ring substituents is 1. The predicted octanol–water partition coefficient (Wildman–Crippen LogP) is 1.79. The number of nitrogens with zero attached hydrogens (tertiary/aromatic N) is 3.